The Balaban J connectivity index is 1.71. The molecule has 2 nitrogen and oxygen atoms in total. The van der Waals surface area contributed by atoms with Crippen LogP contribution in [-0.2, 0) is 5.75 Å². The molecule has 2 heterocycles. The average Bonchev–Trinajstić information content (AvgIpc) is 2.40. The summed E-state index contributed by atoms with van der Waals surface area (Å²) in [5.74, 6) is 2.38. The zero-order valence-electron chi connectivity index (χ0n) is 10.2. The Morgan fingerprint density at radius 1 is 1.12 bits per heavy atom. The van der Waals surface area contributed by atoms with Gasteiger partial charge in [-0.2, -0.15) is 11.8 Å². The molecule has 92 valence electrons. The number of fused-ring (bicyclic) bond motifs is 1. The highest BCUT2D eigenvalue weighted by atomic mass is 32.2. The lowest BCUT2D eigenvalue weighted by Gasteiger charge is -2.34. The van der Waals surface area contributed by atoms with E-state index in [1.807, 2.05) is 11.8 Å². The largest absolute Gasteiger partial charge is 0.247 e. The number of nitrogens with zero attached hydrogens (tertiary/aromatic N) is 1. The smallest absolute Gasteiger partial charge is 0.0558 e. The van der Waals surface area contributed by atoms with Crippen LogP contribution in [0.4, 0.5) is 0 Å². The Morgan fingerprint density at radius 3 is 2.82 bits per heavy atom. The van der Waals surface area contributed by atoms with Crippen molar-refractivity contribution in [1.82, 2.24) is 10.4 Å². The second-order valence-corrected chi connectivity index (χ2v) is 5.97. The minimum Gasteiger partial charge on any atom is -0.247 e. The summed E-state index contributed by atoms with van der Waals surface area (Å²) in [6, 6.07) is 9.40. The molecule has 3 heteroatoms. The fraction of sp³-hybridized carbons (Fsp3) is 0.571. The summed E-state index contributed by atoms with van der Waals surface area (Å²) in [5, 5.41) is 2.43. The highest BCUT2D eigenvalue weighted by Gasteiger charge is 2.22. The number of thioether (sulfide) groups is 1. The lowest BCUT2D eigenvalue weighted by molar-refractivity contribution is 0.134. The van der Waals surface area contributed by atoms with Crippen molar-refractivity contribution < 1.29 is 0 Å². The average molecular weight is 248 g/mol. The Labute approximate surface area is 108 Å². The van der Waals surface area contributed by atoms with Crippen molar-refractivity contribution in [2.75, 3.05) is 18.8 Å². The number of hydrogen-bond acceptors (Lipinski definition) is 3. The molecule has 1 saturated heterocycles. The fourth-order valence-corrected chi connectivity index (χ4v) is 3.82. The molecule has 1 atom stereocenters. The minimum absolute atomic E-state index is 0.517. The molecule has 0 radical (unpaired) electrons. The van der Waals surface area contributed by atoms with E-state index in [1.165, 1.54) is 55.0 Å². The van der Waals surface area contributed by atoms with Crippen molar-refractivity contribution >= 4 is 11.8 Å². The van der Waals surface area contributed by atoms with E-state index in [9.17, 15) is 0 Å². The van der Waals surface area contributed by atoms with Gasteiger partial charge in [-0.25, -0.2) is 10.4 Å². The fourth-order valence-electron chi connectivity index (χ4n) is 2.73. The van der Waals surface area contributed by atoms with E-state index in [4.69, 9.17) is 0 Å². The molecule has 2 aliphatic heterocycles. The van der Waals surface area contributed by atoms with Gasteiger partial charge in [-0.1, -0.05) is 30.7 Å². The van der Waals surface area contributed by atoms with Crippen LogP contribution in [0.5, 0.6) is 0 Å². The van der Waals surface area contributed by atoms with Crippen LogP contribution in [0.15, 0.2) is 24.3 Å². The summed E-state index contributed by atoms with van der Waals surface area (Å²) >= 11 is 2.05. The molecule has 17 heavy (non-hydrogen) atoms. The summed E-state index contributed by atoms with van der Waals surface area (Å²) in [5.41, 5.74) is 6.75. The zero-order valence-corrected chi connectivity index (χ0v) is 11.0. The zero-order chi connectivity index (χ0) is 11.5. The van der Waals surface area contributed by atoms with Gasteiger partial charge >= 0.3 is 0 Å². The normalized spacial score (nSPS) is 25.5. The van der Waals surface area contributed by atoms with Crippen LogP contribution in [0.3, 0.4) is 0 Å². The first-order valence-corrected chi connectivity index (χ1v) is 7.75. The van der Waals surface area contributed by atoms with Crippen molar-refractivity contribution in [3.8, 4) is 0 Å². The van der Waals surface area contributed by atoms with E-state index in [-0.39, 0.29) is 0 Å². The van der Waals surface area contributed by atoms with Gasteiger partial charge in [0.25, 0.3) is 0 Å². The van der Waals surface area contributed by atoms with Crippen molar-refractivity contribution in [3.05, 3.63) is 35.4 Å². The second-order valence-electron chi connectivity index (χ2n) is 4.94. The minimum atomic E-state index is 0.517. The predicted octanol–water partition coefficient (Wildman–Crippen LogP) is 2.97. The van der Waals surface area contributed by atoms with E-state index >= 15 is 0 Å². The van der Waals surface area contributed by atoms with Gasteiger partial charge in [0.1, 0.15) is 0 Å². The number of piperidine rings is 1. The SMILES string of the molecule is c1ccc2c(c1)CSCC2NN1CCCCC1. The summed E-state index contributed by atoms with van der Waals surface area (Å²) < 4.78 is 0. The molecule has 3 rings (SSSR count). The number of hydrazine groups is 1. The number of rotatable bonds is 2. The summed E-state index contributed by atoms with van der Waals surface area (Å²) in [7, 11) is 0. The van der Waals surface area contributed by atoms with Gasteiger partial charge in [-0.3, -0.25) is 0 Å². The van der Waals surface area contributed by atoms with Crippen LogP contribution >= 0.6 is 11.8 Å². The van der Waals surface area contributed by atoms with Crippen LogP contribution in [0.25, 0.3) is 0 Å². The maximum absolute atomic E-state index is 3.73. The molecule has 0 amide bonds. The van der Waals surface area contributed by atoms with Crippen molar-refractivity contribution in [3.63, 3.8) is 0 Å². The molecule has 2 aliphatic rings. The van der Waals surface area contributed by atoms with E-state index < -0.39 is 0 Å². The molecule has 0 saturated carbocycles. The Hall–Kier alpha value is -0.510. The van der Waals surface area contributed by atoms with Gasteiger partial charge in [0.2, 0.25) is 0 Å². The van der Waals surface area contributed by atoms with Gasteiger partial charge < -0.3 is 0 Å². The summed E-state index contributed by atoms with van der Waals surface area (Å²) in [6.45, 7) is 2.42. The van der Waals surface area contributed by atoms with Gasteiger partial charge in [0.05, 0.1) is 6.04 Å². The summed E-state index contributed by atoms with van der Waals surface area (Å²) in [6.07, 6.45) is 4.08. The third-order valence-corrected chi connectivity index (χ3v) is 4.75. The molecule has 0 spiro atoms. The topological polar surface area (TPSA) is 15.3 Å². The first-order chi connectivity index (χ1) is 8.43. The highest BCUT2D eigenvalue weighted by molar-refractivity contribution is 7.98. The third-order valence-electron chi connectivity index (χ3n) is 3.67. The molecule has 1 fully saturated rings. The highest BCUT2D eigenvalue weighted by Crippen LogP contribution is 2.31. The maximum atomic E-state index is 3.73. The molecule has 1 unspecified atom stereocenters. The molecule has 0 aliphatic carbocycles. The van der Waals surface area contributed by atoms with Crippen LogP contribution in [0.1, 0.15) is 36.4 Å². The van der Waals surface area contributed by atoms with Crippen LogP contribution < -0.4 is 5.43 Å². The molecule has 1 N–H and O–H groups in total. The monoisotopic (exact) mass is 248 g/mol. The lowest BCUT2D eigenvalue weighted by atomic mass is 10.0. The first kappa shape index (κ1) is 11.6. The molecular weight excluding hydrogens is 228 g/mol. The molecule has 1 aromatic carbocycles. The molecule has 1 aromatic rings. The number of benzene rings is 1. The Kier molecular flexibility index (Phi) is 3.69. The Morgan fingerprint density at radius 2 is 1.94 bits per heavy atom. The van der Waals surface area contributed by atoms with Gasteiger partial charge in [-0.05, 0) is 24.0 Å². The number of nitrogens with one attached hydrogen (secondary N) is 1. The third kappa shape index (κ3) is 2.67. The van der Waals surface area contributed by atoms with E-state index in [0.717, 1.165) is 0 Å². The molecule has 0 bridgehead atoms. The first-order valence-electron chi connectivity index (χ1n) is 6.60. The van der Waals surface area contributed by atoms with Crippen LogP contribution in [0, 0.1) is 0 Å². The maximum Gasteiger partial charge on any atom is 0.0558 e. The van der Waals surface area contributed by atoms with Crippen molar-refractivity contribution in [2.24, 2.45) is 0 Å². The Bertz CT molecular complexity index is 374. The van der Waals surface area contributed by atoms with Gasteiger partial charge in [-0.15, -0.1) is 0 Å². The van der Waals surface area contributed by atoms with E-state index in [2.05, 4.69) is 34.7 Å². The van der Waals surface area contributed by atoms with Crippen molar-refractivity contribution in [2.45, 2.75) is 31.1 Å². The van der Waals surface area contributed by atoms with Crippen LogP contribution in [-0.4, -0.2) is 23.9 Å². The quantitative estimate of drug-likeness (QED) is 0.866. The van der Waals surface area contributed by atoms with E-state index in [1.54, 1.807) is 0 Å². The van der Waals surface area contributed by atoms with E-state index in [0.29, 0.717) is 6.04 Å². The number of hydrogen-bond donors (Lipinski definition) is 1. The molecule has 0 aromatic heterocycles. The standard InChI is InChI=1S/C14H20N2S/c1-4-8-16(9-5-1)15-14-11-17-10-12-6-2-3-7-13(12)14/h2-3,6-7,14-15H,1,4-5,8-11H2. The van der Waals surface area contributed by atoms with Crippen molar-refractivity contribution in [1.29, 1.82) is 0 Å². The van der Waals surface area contributed by atoms with Gasteiger partial charge in [0, 0.05) is 24.6 Å². The summed E-state index contributed by atoms with van der Waals surface area (Å²) in [4.78, 5) is 0. The van der Waals surface area contributed by atoms with Crippen LogP contribution in [0.2, 0.25) is 0 Å². The predicted molar refractivity (Wildman–Crippen MR) is 73.9 cm³/mol. The molecular formula is C14H20N2S. The van der Waals surface area contributed by atoms with Gasteiger partial charge in [0.15, 0.2) is 0 Å². The lowest BCUT2D eigenvalue weighted by Crippen LogP contribution is -2.45. The second kappa shape index (κ2) is 5.42.